The molecule has 48 valence electrons. The van der Waals surface area contributed by atoms with Gasteiger partial charge in [-0.2, -0.15) is 0 Å². The Kier molecular flexibility index (Phi) is 3.13. The van der Waals surface area contributed by atoms with E-state index >= 15 is 0 Å². The molecule has 8 heavy (non-hydrogen) atoms. The quantitative estimate of drug-likeness (QED) is 0.590. The van der Waals surface area contributed by atoms with Crippen molar-refractivity contribution in [3.8, 4) is 0 Å². The molecule has 0 N–H and O–H groups in total. The van der Waals surface area contributed by atoms with Crippen molar-refractivity contribution >= 4 is 23.5 Å². The maximum Gasteiger partial charge on any atom is 0.0503 e. The molecule has 0 bridgehead atoms. The fourth-order valence-electron chi connectivity index (χ4n) is 0.810. The van der Waals surface area contributed by atoms with Gasteiger partial charge in [0.2, 0.25) is 0 Å². The molecule has 1 heterocycles. The van der Waals surface area contributed by atoms with E-state index in [1.807, 2.05) is 0 Å². The molecule has 0 aromatic carbocycles. The van der Waals surface area contributed by atoms with E-state index in [1.54, 1.807) is 0 Å². The van der Waals surface area contributed by atoms with Crippen molar-refractivity contribution in [2.24, 2.45) is 0 Å². The second kappa shape index (κ2) is 3.67. The lowest BCUT2D eigenvalue weighted by Gasteiger charge is -2.02. The summed E-state index contributed by atoms with van der Waals surface area (Å²) in [5, 5.41) is 0. The van der Waals surface area contributed by atoms with Crippen LogP contribution in [0, 0.1) is 0 Å². The molecule has 0 aromatic rings. The summed E-state index contributed by atoms with van der Waals surface area (Å²) < 4.78 is 0.944. The van der Waals surface area contributed by atoms with E-state index in [0.29, 0.717) is 0 Å². The lowest BCUT2D eigenvalue weighted by molar-refractivity contribution is 0.873. The molecule has 1 saturated heterocycles. The Morgan fingerprint density at radius 1 is 1.38 bits per heavy atom. The number of thioether (sulfide) groups is 2. The Labute approximate surface area is 59.8 Å². The van der Waals surface area contributed by atoms with Crippen LogP contribution < -0.4 is 0 Å². The lowest BCUT2D eigenvalue weighted by atomic mass is 10.4. The molecule has 0 atom stereocenters. The number of hydrogen-bond donors (Lipinski definition) is 0. The highest BCUT2D eigenvalue weighted by molar-refractivity contribution is 8.20. The molecule has 0 unspecified atom stereocenters. The summed E-state index contributed by atoms with van der Waals surface area (Å²) >= 11 is 4.26. The van der Waals surface area contributed by atoms with Crippen LogP contribution in [0.25, 0.3) is 0 Å². The van der Waals surface area contributed by atoms with Crippen LogP contribution in [-0.2, 0) is 0 Å². The number of hydrogen-bond acceptors (Lipinski definition) is 2. The molecule has 0 spiro atoms. The van der Waals surface area contributed by atoms with E-state index in [4.69, 9.17) is 0 Å². The van der Waals surface area contributed by atoms with Gasteiger partial charge in [-0.05, 0) is 6.42 Å². The van der Waals surface area contributed by atoms with Gasteiger partial charge in [0.1, 0.15) is 0 Å². The summed E-state index contributed by atoms with van der Waals surface area (Å²) in [6.07, 6.45) is 2.76. The zero-order valence-corrected chi connectivity index (χ0v) is 6.86. The molecule has 1 aliphatic heterocycles. The smallest absolute Gasteiger partial charge is 0.0503 e. The van der Waals surface area contributed by atoms with Crippen molar-refractivity contribution in [2.75, 3.05) is 11.5 Å². The van der Waals surface area contributed by atoms with Crippen LogP contribution in [0.3, 0.4) is 0 Å². The molecule has 0 nitrogen and oxygen atoms in total. The van der Waals surface area contributed by atoms with Gasteiger partial charge >= 0.3 is 0 Å². The normalized spacial score (nSPS) is 22.1. The van der Waals surface area contributed by atoms with Crippen molar-refractivity contribution in [1.82, 2.24) is 0 Å². The third-order valence-corrected chi connectivity index (χ3v) is 4.38. The average Bonchev–Trinajstić information content (AvgIpc) is 2.19. The van der Waals surface area contributed by atoms with Gasteiger partial charge in [-0.1, -0.05) is 13.3 Å². The molecule has 0 radical (unpaired) electrons. The summed E-state index contributed by atoms with van der Waals surface area (Å²) in [5.74, 6) is 2.77. The van der Waals surface area contributed by atoms with Gasteiger partial charge in [-0.15, -0.1) is 23.5 Å². The van der Waals surface area contributed by atoms with Crippen LogP contribution in [0.4, 0.5) is 0 Å². The Hall–Kier alpha value is 0.700. The minimum Gasteiger partial charge on any atom is -0.147 e. The largest absolute Gasteiger partial charge is 0.147 e. The van der Waals surface area contributed by atoms with Crippen LogP contribution >= 0.6 is 23.5 Å². The zero-order valence-electron chi connectivity index (χ0n) is 5.22. The third-order valence-electron chi connectivity index (χ3n) is 1.22. The van der Waals surface area contributed by atoms with Gasteiger partial charge in [0, 0.05) is 11.5 Å². The fraction of sp³-hybridized carbons (Fsp3) is 1.00. The SMILES string of the molecule is CCCC1SCCS1. The Morgan fingerprint density at radius 3 is 2.50 bits per heavy atom. The third kappa shape index (κ3) is 1.90. The highest BCUT2D eigenvalue weighted by Gasteiger charge is 2.13. The molecule has 2 heteroatoms. The van der Waals surface area contributed by atoms with Crippen LogP contribution in [0.5, 0.6) is 0 Å². The topological polar surface area (TPSA) is 0 Å². The monoisotopic (exact) mass is 148 g/mol. The second-order valence-electron chi connectivity index (χ2n) is 1.96. The van der Waals surface area contributed by atoms with Gasteiger partial charge in [0.15, 0.2) is 0 Å². The van der Waals surface area contributed by atoms with Gasteiger partial charge in [0.05, 0.1) is 4.58 Å². The van der Waals surface area contributed by atoms with Gasteiger partial charge in [0.25, 0.3) is 0 Å². The van der Waals surface area contributed by atoms with Crippen molar-refractivity contribution in [1.29, 1.82) is 0 Å². The highest BCUT2D eigenvalue weighted by Crippen LogP contribution is 2.34. The van der Waals surface area contributed by atoms with Crippen LogP contribution in [0.1, 0.15) is 19.8 Å². The zero-order chi connectivity index (χ0) is 5.82. The minimum absolute atomic E-state index is 0.944. The molecule has 0 saturated carbocycles. The Morgan fingerprint density at radius 2 is 2.00 bits per heavy atom. The van der Waals surface area contributed by atoms with E-state index in [1.165, 1.54) is 24.3 Å². The molecular formula is C6H12S2. The van der Waals surface area contributed by atoms with Gasteiger partial charge in [-0.3, -0.25) is 0 Å². The summed E-state index contributed by atoms with van der Waals surface area (Å²) in [5.41, 5.74) is 0. The molecule has 1 fully saturated rings. The number of rotatable bonds is 2. The van der Waals surface area contributed by atoms with Crippen molar-refractivity contribution in [2.45, 2.75) is 24.3 Å². The summed E-state index contributed by atoms with van der Waals surface area (Å²) in [7, 11) is 0. The molecule has 0 aromatic heterocycles. The van der Waals surface area contributed by atoms with Crippen LogP contribution in [0.15, 0.2) is 0 Å². The van der Waals surface area contributed by atoms with E-state index in [0.717, 1.165) is 4.58 Å². The maximum atomic E-state index is 2.26. The fourth-order valence-corrected chi connectivity index (χ4v) is 3.87. The molecular weight excluding hydrogens is 136 g/mol. The first-order chi connectivity index (χ1) is 3.93. The van der Waals surface area contributed by atoms with E-state index in [2.05, 4.69) is 30.4 Å². The Balaban J connectivity index is 2.06. The van der Waals surface area contributed by atoms with E-state index < -0.39 is 0 Å². The first-order valence-electron chi connectivity index (χ1n) is 3.16. The van der Waals surface area contributed by atoms with Crippen LogP contribution in [0.2, 0.25) is 0 Å². The van der Waals surface area contributed by atoms with Crippen molar-refractivity contribution in [3.63, 3.8) is 0 Å². The van der Waals surface area contributed by atoms with Gasteiger partial charge < -0.3 is 0 Å². The summed E-state index contributed by atoms with van der Waals surface area (Å²) in [4.78, 5) is 0. The highest BCUT2D eigenvalue weighted by atomic mass is 32.2. The standard InChI is InChI=1S/C6H12S2/c1-2-3-6-7-4-5-8-6/h6H,2-5H2,1H3. The predicted octanol–water partition coefficient (Wildman–Crippen LogP) is 2.59. The second-order valence-corrected chi connectivity index (χ2v) is 4.88. The predicted molar refractivity (Wildman–Crippen MR) is 43.6 cm³/mol. The van der Waals surface area contributed by atoms with Gasteiger partial charge in [-0.25, -0.2) is 0 Å². The summed E-state index contributed by atoms with van der Waals surface area (Å²) in [6.45, 7) is 2.26. The van der Waals surface area contributed by atoms with Crippen molar-refractivity contribution < 1.29 is 0 Å². The molecule has 0 amide bonds. The lowest BCUT2D eigenvalue weighted by Crippen LogP contribution is -1.87. The molecule has 1 rings (SSSR count). The first-order valence-corrected chi connectivity index (χ1v) is 5.26. The minimum atomic E-state index is 0.944. The molecule has 1 aliphatic rings. The van der Waals surface area contributed by atoms with E-state index in [-0.39, 0.29) is 0 Å². The first kappa shape index (κ1) is 6.81. The van der Waals surface area contributed by atoms with E-state index in [9.17, 15) is 0 Å². The average molecular weight is 148 g/mol. The van der Waals surface area contributed by atoms with Crippen LogP contribution in [-0.4, -0.2) is 16.1 Å². The van der Waals surface area contributed by atoms with Crippen molar-refractivity contribution in [3.05, 3.63) is 0 Å². The maximum absolute atomic E-state index is 2.26. The Bertz CT molecular complexity index is 57.5. The summed E-state index contributed by atoms with van der Waals surface area (Å²) in [6, 6.07) is 0. The molecule has 0 aliphatic carbocycles.